The van der Waals surface area contributed by atoms with Gasteiger partial charge in [-0.2, -0.15) is 5.10 Å². The van der Waals surface area contributed by atoms with E-state index in [1.807, 2.05) is 43.3 Å². The van der Waals surface area contributed by atoms with Gasteiger partial charge in [0.05, 0.1) is 16.9 Å². The van der Waals surface area contributed by atoms with Crippen LogP contribution in [0.1, 0.15) is 42.4 Å². The summed E-state index contributed by atoms with van der Waals surface area (Å²) >= 11 is 5.98. The van der Waals surface area contributed by atoms with Gasteiger partial charge in [0.15, 0.2) is 0 Å². The summed E-state index contributed by atoms with van der Waals surface area (Å²) in [4.78, 5) is 12.6. The van der Waals surface area contributed by atoms with Crippen molar-refractivity contribution in [2.45, 2.75) is 33.1 Å². The number of hydrogen-bond donors (Lipinski definition) is 0. The van der Waals surface area contributed by atoms with E-state index in [2.05, 4.69) is 25.9 Å². The van der Waals surface area contributed by atoms with Crippen molar-refractivity contribution in [3.63, 3.8) is 0 Å². The van der Waals surface area contributed by atoms with E-state index in [1.165, 1.54) is 0 Å². The Balaban J connectivity index is 2.02. The molecule has 0 aliphatic heterocycles. The van der Waals surface area contributed by atoms with Gasteiger partial charge in [-0.1, -0.05) is 50.6 Å². The first-order valence-electron chi connectivity index (χ1n) is 8.40. The van der Waals surface area contributed by atoms with Crippen LogP contribution >= 0.6 is 11.6 Å². The molecule has 1 aromatic heterocycles. The van der Waals surface area contributed by atoms with E-state index in [0.29, 0.717) is 16.5 Å². The third-order valence-corrected chi connectivity index (χ3v) is 4.33. The summed E-state index contributed by atoms with van der Waals surface area (Å²) in [5, 5.41) is 5.28. The summed E-state index contributed by atoms with van der Waals surface area (Å²) in [6.45, 7) is 8.07. The fraction of sp³-hybridized carbons (Fsp3) is 0.238. The van der Waals surface area contributed by atoms with Crippen LogP contribution in [-0.2, 0) is 5.41 Å². The van der Waals surface area contributed by atoms with Crippen LogP contribution < -0.4 is 4.74 Å². The second-order valence-corrected chi connectivity index (χ2v) is 7.65. The topological polar surface area (TPSA) is 44.1 Å². The lowest BCUT2D eigenvalue weighted by atomic mass is 9.93. The Morgan fingerprint density at radius 3 is 2.35 bits per heavy atom. The third kappa shape index (κ3) is 3.81. The molecule has 1 heterocycles. The molecule has 26 heavy (non-hydrogen) atoms. The number of nitrogens with zero attached hydrogens (tertiary/aromatic N) is 2. The summed E-state index contributed by atoms with van der Waals surface area (Å²) in [7, 11) is 0. The van der Waals surface area contributed by atoms with Crippen molar-refractivity contribution in [1.82, 2.24) is 9.78 Å². The Morgan fingerprint density at radius 1 is 1.08 bits per heavy atom. The summed E-state index contributed by atoms with van der Waals surface area (Å²) in [6.07, 6.45) is 0. The van der Waals surface area contributed by atoms with Crippen LogP contribution in [-0.4, -0.2) is 15.7 Å². The number of ether oxygens (including phenoxy) is 1. The number of carbonyl (C=O) groups is 1. The van der Waals surface area contributed by atoms with Crippen LogP contribution in [0, 0.1) is 6.92 Å². The molecule has 4 nitrogen and oxygen atoms in total. The van der Waals surface area contributed by atoms with E-state index >= 15 is 0 Å². The number of carbonyl (C=O) groups excluding carboxylic acids is 1. The lowest BCUT2D eigenvalue weighted by Crippen LogP contribution is -2.13. The highest BCUT2D eigenvalue weighted by Crippen LogP contribution is 2.28. The van der Waals surface area contributed by atoms with Crippen LogP contribution in [0.25, 0.3) is 5.69 Å². The predicted octanol–water partition coefficient (Wildman–Crippen LogP) is 5.35. The molecule has 0 spiro atoms. The average molecular weight is 369 g/mol. The molecule has 0 fully saturated rings. The Morgan fingerprint density at radius 2 is 1.73 bits per heavy atom. The molecular formula is C21H21ClN2O2. The van der Waals surface area contributed by atoms with Gasteiger partial charge in [0.2, 0.25) is 5.88 Å². The van der Waals surface area contributed by atoms with Crippen molar-refractivity contribution in [3.05, 3.63) is 76.4 Å². The van der Waals surface area contributed by atoms with Crippen molar-refractivity contribution in [2.75, 3.05) is 0 Å². The largest absolute Gasteiger partial charge is 0.404 e. The predicted molar refractivity (Wildman–Crippen MR) is 103 cm³/mol. The van der Waals surface area contributed by atoms with Gasteiger partial charge < -0.3 is 4.74 Å². The zero-order valence-corrected chi connectivity index (χ0v) is 16.0. The van der Waals surface area contributed by atoms with Gasteiger partial charge in [0.1, 0.15) is 0 Å². The van der Waals surface area contributed by atoms with Gasteiger partial charge in [0.25, 0.3) is 0 Å². The fourth-order valence-electron chi connectivity index (χ4n) is 2.52. The maximum Gasteiger partial charge on any atom is 0.345 e. The standard InChI is InChI=1S/C21H21ClN2O2/c1-14-7-5-6-8-17(14)20(25)26-19-13-18(21(2,3)4)23-24(19)16-11-9-15(22)10-12-16/h5-13H,1-4H3. The Hall–Kier alpha value is -2.59. The highest BCUT2D eigenvalue weighted by molar-refractivity contribution is 6.30. The first kappa shape index (κ1) is 18.2. The van der Waals surface area contributed by atoms with Gasteiger partial charge >= 0.3 is 5.97 Å². The minimum absolute atomic E-state index is 0.179. The summed E-state index contributed by atoms with van der Waals surface area (Å²) in [5.41, 5.74) is 2.83. The molecule has 0 saturated carbocycles. The monoisotopic (exact) mass is 368 g/mol. The van der Waals surface area contributed by atoms with E-state index in [0.717, 1.165) is 16.9 Å². The minimum atomic E-state index is -0.404. The third-order valence-electron chi connectivity index (χ3n) is 4.08. The normalized spacial score (nSPS) is 11.4. The van der Waals surface area contributed by atoms with Gasteiger partial charge in [-0.25, -0.2) is 9.48 Å². The summed E-state index contributed by atoms with van der Waals surface area (Å²) < 4.78 is 7.33. The van der Waals surface area contributed by atoms with Crippen LogP contribution in [0.2, 0.25) is 5.02 Å². The number of rotatable bonds is 3. The van der Waals surface area contributed by atoms with Crippen molar-refractivity contribution in [1.29, 1.82) is 0 Å². The van der Waals surface area contributed by atoms with Gasteiger partial charge in [-0.05, 0) is 42.8 Å². The Bertz CT molecular complexity index is 937. The van der Waals surface area contributed by atoms with E-state index < -0.39 is 5.97 Å². The second kappa shape index (κ2) is 6.96. The lowest BCUT2D eigenvalue weighted by molar-refractivity contribution is 0.0722. The lowest BCUT2D eigenvalue weighted by Gasteiger charge is -2.13. The first-order valence-corrected chi connectivity index (χ1v) is 8.78. The maximum atomic E-state index is 12.6. The van der Waals surface area contributed by atoms with Crippen LogP contribution in [0.3, 0.4) is 0 Å². The van der Waals surface area contributed by atoms with E-state index in [4.69, 9.17) is 16.3 Å². The Kier molecular flexibility index (Phi) is 4.88. The van der Waals surface area contributed by atoms with Crippen molar-refractivity contribution < 1.29 is 9.53 Å². The van der Waals surface area contributed by atoms with E-state index in [-0.39, 0.29) is 5.41 Å². The quantitative estimate of drug-likeness (QED) is 0.585. The highest BCUT2D eigenvalue weighted by Gasteiger charge is 2.23. The van der Waals surface area contributed by atoms with Gasteiger partial charge in [-0.3, -0.25) is 0 Å². The molecule has 0 aliphatic rings. The molecule has 3 rings (SSSR count). The van der Waals surface area contributed by atoms with Crippen LogP contribution in [0.5, 0.6) is 5.88 Å². The summed E-state index contributed by atoms with van der Waals surface area (Å²) in [5.74, 6) is -0.0239. The summed E-state index contributed by atoms with van der Waals surface area (Å²) in [6, 6.07) is 16.4. The van der Waals surface area contributed by atoms with Crippen molar-refractivity contribution in [3.8, 4) is 11.6 Å². The highest BCUT2D eigenvalue weighted by atomic mass is 35.5. The van der Waals surface area contributed by atoms with Gasteiger partial charge in [-0.15, -0.1) is 0 Å². The first-order chi connectivity index (χ1) is 12.3. The molecule has 0 bridgehead atoms. The molecule has 5 heteroatoms. The molecule has 3 aromatic rings. The zero-order chi connectivity index (χ0) is 18.9. The SMILES string of the molecule is Cc1ccccc1C(=O)Oc1cc(C(C)(C)C)nn1-c1ccc(Cl)cc1. The smallest absolute Gasteiger partial charge is 0.345 e. The number of hydrogen-bond acceptors (Lipinski definition) is 3. The zero-order valence-electron chi connectivity index (χ0n) is 15.3. The minimum Gasteiger partial charge on any atom is -0.404 e. The van der Waals surface area contributed by atoms with Crippen LogP contribution in [0.15, 0.2) is 54.6 Å². The number of aryl methyl sites for hydroxylation is 1. The van der Waals surface area contributed by atoms with E-state index in [1.54, 1.807) is 22.9 Å². The molecule has 0 aliphatic carbocycles. The molecule has 0 unspecified atom stereocenters. The average Bonchev–Trinajstić information content (AvgIpc) is 3.00. The van der Waals surface area contributed by atoms with Gasteiger partial charge in [0, 0.05) is 16.5 Å². The molecule has 0 amide bonds. The fourth-order valence-corrected chi connectivity index (χ4v) is 2.65. The number of esters is 1. The molecule has 0 atom stereocenters. The molecule has 0 N–H and O–H groups in total. The van der Waals surface area contributed by atoms with Crippen LogP contribution in [0.4, 0.5) is 0 Å². The molecule has 2 aromatic carbocycles. The van der Waals surface area contributed by atoms with Crippen molar-refractivity contribution >= 4 is 17.6 Å². The van der Waals surface area contributed by atoms with Crippen molar-refractivity contribution in [2.24, 2.45) is 0 Å². The maximum absolute atomic E-state index is 12.6. The number of aromatic nitrogens is 2. The number of halogens is 1. The van der Waals surface area contributed by atoms with E-state index in [9.17, 15) is 4.79 Å². The molecule has 0 radical (unpaired) electrons. The molecule has 134 valence electrons. The molecular weight excluding hydrogens is 348 g/mol. The number of benzene rings is 2. The second-order valence-electron chi connectivity index (χ2n) is 7.21. The Labute approximate surface area is 158 Å². The molecule has 0 saturated heterocycles.